The number of anilines is 1. The zero-order valence-corrected chi connectivity index (χ0v) is 32.6. The van der Waals surface area contributed by atoms with Crippen molar-refractivity contribution in [2.75, 3.05) is 90.7 Å². The quantitative estimate of drug-likeness (QED) is 0.0993. The summed E-state index contributed by atoms with van der Waals surface area (Å²) in [6, 6.07) is 7.65. The lowest BCUT2D eigenvalue weighted by Crippen LogP contribution is -2.50. The average Bonchev–Trinajstić information content (AvgIpc) is 3.60. The number of fused-ring (bicyclic) bond motifs is 3. The van der Waals surface area contributed by atoms with Gasteiger partial charge in [-0.15, -0.1) is 6.42 Å². The maximum atomic E-state index is 14.5. The van der Waals surface area contributed by atoms with Crippen LogP contribution in [0.15, 0.2) is 36.7 Å². The van der Waals surface area contributed by atoms with Gasteiger partial charge in [0.1, 0.15) is 12.4 Å². The summed E-state index contributed by atoms with van der Waals surface area (Å²) in [5.41, 5.74) is 2.62. The number of imidazole rings is 1. The molecule has 2 aliphatic rings. The van der Waals surface area contributed by atoms with E-state index >= 15 is 0 Å². The highest BCUT2D eigenvalue weighted by molar-refractivity contribution is 6.31. The second-order valence-corrected chi connectivity index (χ2v) is 15.1. The number of pyridine rings is 1. The third kappa shape index (κ3) is 11.1. The van der Waals surface area contributed by atoms with E-state index in [0.29, 0.717) is 110 Å². The Hall–Kier alpha value is -3.77. The molecule has 294 valence electrons. The van der Waals surface area contributed by atoms with Gasteiger partial charge < -0.3 is 42.8 Å². The number of aryl methyl sites for hydroxylation is 1. The molecule has 1 aromatic carbocycles. The molecule has 0 saturated carbocycles. The Kier molecular flexibility index (Phi) is 15.5. The zero-order valence-electron chi connectivity index (χ0n) is 31.9. The highest BCUT2D eigenvalue weighted by Gasteiger charge is 2.53. The lowest BCUT2D eigenvalue weighted by Gasteiger charge is -2.38. The summed E-state index contributed by atoms with van der Waals surface area (Å²) >= 11 is 6.37. The van der Waals surface area contributed by atoms with Crippen molar-refractivity contribution in [1.82, 2.24) is 19.4 Å². The van der Waals surface area contributed by atoms with Gasteiger partial charge in [0.15, 0.2) is 0 Å². The fourth-order valence-corrected chi connectivity index (χ4v) is 6.89. The normalized spacial score (nSPS) is 15.3. The first-order chi connectivity index (χ1) is 26.1. The van der Waals surface area contributed by atoms with E-state index in [1.54, 1.807) is 17.3 Å². The van der Waals surface area contributed by atoms with Crippen LogP contribution in [0.5, 0.6) is 0 Å². The van der Waals surface area contributed by atoms with Gasteiger partial charge in [0.25, 0.3) is 0 Å². The van der Waals surface area contributed by atoms with Crippen molar-refractivity contribution in [3.8, 4) is 12.3 Å². The molecule has 5 rings (SSSR count). The lowest BCUT2D eigenvalue weighted by molar-refractivity contribution is -0.125. The smallest absolute Gasteiger partial charge is 0.409 e. The molecule has 2 aromatic heterocycles. The van der Waals surface area contributed by atoms with Crippen molar-refractivity contribution in [3.05, 3.63) is 53.1 Å². The van der Waals surface area contributed by atoms with Gasteiger partial charge in [0.2, 0.25) is 5.91 Å². The van der Waals surface area contributed by atoms with Crippen molar-refractivity contribution in [2.24, 2.45) is 5.41 Å². The third-order valence-electron chi connectivity index (χ3n) is 9.45. The minimum Gasteiger partial charge on any atom is -0.449 e. The first kappa shape index (κ1) is 41.4. The van der Waals surface area contributed by atoms with Crippen LogP contribution in [0.2, 0.25) is 5.02 Å². The second kappa shape index (κ2) is 20.2. The molecule has 1 spiro atoms. The van der Waals surface area contributed by atoms with Crippen molar-refractivity contribution in [1.29, 1.82) is 0 Å². The number of ether oxygens (including phenoxy) is 6. The van der Waals surface area contributed by atoms with Crippen LogP contribution >= 0.6 is 11.6 Å². The van der Waals surface area contributed by atoms with E-state index in [9.17, 15) is 9.59 Å². The predicted molar refractivity (Wildman–Crippen MR) is 206 cm³/mol. The molecular weight excluding hydrogens is 714 g/mol. The number of hydrogen-bond acceptors (Lipinski definition) is 10. The number of aromatic nitrogens is 3. The summed E-state index contributed by atoms with van der Waals surface area (Å²) in [5, 5.41) is 0.604. The number of benzene rings is 1. The van der Waals surface area contributed by atoms with E-state index in [1.807, 2.05) is 49.9 Å². The van der Waals surface area contributed by atoms with Gasteiger partial charge in [-0.25, -0.2) is 9.78 Å². The largest absolute Gasteiger partial charge is 0.449 e. The van der Waals surface area contributed by atoms with Gasteiger partial charge in [-0.1, -0.05) is 38.3 Å². The molecule has 1 fully saturated rings. The summed E-state index contributed by atoms with van der Waals surface area (Å²) in [4.78, 5) is 40.2. The number of carbonyl (C=O) groups excluding carboxylic acids is 2. The van der Waals surface area contributed by atoms with E-state index < -0.39 is 5.41 Å². The Morgan fingerprint density at radius 2 is 1.57 bits per heavy atom. The van der Waals surface area contributed by atoms with Crippen LogP contribution < -0.4 is 4.90 Å². The zero-order chi connectivity index (χ0) is 38.4. The molecule has 13 nitrogen and oxygen atoms in total. The summed E-state index contributed by atoms with van der Waals surface area (Å²) < 4.78 is 35.2. The number of halogens is 1. The Bertz CT molecular complexity index is 1710. The Balaban J connectivity index is 1.09. The fraction of sp³-hybridized carbons (Fsp3) is 0.600. The molecule has 14 heteroatoms. The molecule has 54 heavy (non-hydrogen) atoms. The Morgan fingerprint density at radius 1 is 0.926 bits per heavy atom. The molecule has 0 N–H and O–H groups in total. The highest BCUT2D eigenvalue weighted by Crippen LogP contribution is 2.48. The van der Waals surface area contributed by atoms with E-state index in [0.717, 1.165) is 41.0 Å². The van der Waals surface area contributed by atoms with E-state index in [1.165, 1.54) is 0 Å². The number of nitrogens with zero attached hydrogens (tertiary/aromatic N) is 5. The molecule has 0 atom stereocenters. The van der Waals surface area contributed by atoms with E-state index in [2.05, 4.69) is 15.5 Å². The molecule has 2 aliphatic heterocycles. The molecule has 0 aliphatic carbocycles. The summed E-state index contributed by atoms with van der Waals surface area (Å²) in [5.74, 6) is 3.19. The van der Waals surface area contributed by atoms with Gasteiger partial charge in [-0.3, -0.25) is 9.78 Å². The Morgan fingerprint density at radius 3 is 2.22 bits per heavy atom. The fourth-order valence-electron chi connectivity index (χ4n) is 6.72. The lowest BCUT2D eigenvalue weighted by atomic mass is 9.74. The van der Waals surface area contributed by atoms with Crippen LogP contribution in [0.25, 0.3) is 11.0 Å². The minimum absolute atomic E-state index is 0.0133. The molecule has 0 radical (unpaired) electrons. The predicted octanol–water partition coefficient (Wildman–Crippen LogP) is 5.64. The number of hydrogen-bond donors (Lipinski definition) is 0. The number of unbranched alkanes of at least 4 members (excludes halogenated alkanes) is 1. The van der Waals surface area contributed by atoms with Gasteiger partial charge >= 0.3 is 6.09 Å². The molecule has 0 unspecified atom stereocenters. The van der Waals surface area contributed by atoms with E-state index in [4.69, 9.17) is 51.4 Å². The van der Waals surface area contributed by atoms with Gasteiger partial charge in [0.05, 0.1) is 94.3 Å². The maximum absolute atomic E-state index is 14.5. The van der Waals surface area contributed by atoms with Crippen LogP contribution in [-0.4, -0.2) is 117 Å². The van der Waals surface area contributed by atoms with Gasteiger partial charge in [-0.2, -0.15) is 0 Å². The summed E-state index contributed by atoms with van der Waals surface area (Å²) in [7, 11) is 0. The molecule has 4 heterocycles. The van der Waals surface area contributed by atoms with Crippen molar-refractivity contribution in [2.45, 2.75) is 65.0 Å². The van der Waals surface area contributed by atoms with Crippen molar-refractivity contribution < 1.29 is 38.0 Å². The number of carbonyl (C=O) groups is 2. The van der Waals surface area contributed by atoms with Crippen LogP contribution in [0.1, 0.15) is 57.8 Å². The van der Waals surface area contributed by atoms with Crippen LogP contribution in [-0.2, 0) is 51.7 Å². The van der Waals surface area contributed by atoms with Crippen LogP contribution in [0.3, 0.4) is 0 Å². The van der Waals surface area contributed by atoms with Gasteiger partial charge in [0, 0.05) is 37.5 Å². The maximum Gasteiger partial charge on any atom is 0.409 e. The number of terminal acetylenes is 1. The third-order valence-corrected chi connectivity index (χ3v) is 9.68. The molecule has 1 saturated heterocycles. The number of amides is 2. The second-order valence-electron chi connectivity index (χ2n) is 14.7. The summed E-state index contributed by atoms with van der Waals surface area (Å²) in [6.07, 6.45) is 11.0. The standard InChI is InChI=1S/C40H54ClN5O8/c1-5-17-49-19-21-51-23-25-53-26-24-52-22-20-50-18-7-6-14-45-34-9-8-31(41)27-33(34)43-36(45)29-46-35-28-42-13-10-32(35)40(37(46)47)11-15-44(16-12-40)38(48)54-30-39(2,3)4/h1,8-10,13,27-28H,6-7,11-12,14-26,29-30H2,2-4H3. The average molecular weight is 768 g/mol. The summed E-state index contributed by atoms with van der Waals surface area (Å²) in [6.45, 7) is 13.1. The number of likely N-dealkylation sites (tertiary alicyclic amines) is 1. The number of piperidine rings is 1. The topological polar surface area (TPSA) is 127 Å². The first-order valence-electron chi connectivity index (χ1n) is 18.8. The molecular formula is C40H54ClN5O8. The number of rotatable bonds is 21. The monoisotopic (exact) mass is 767 g/mol. The van der Waals surface area contributed by atoms with E-state index in [-0.39, 0.29) is 24.0 Å². The SMILES string of the molecule is C#CCOCCOCCOCCOCCOCCCCn1c(CN2C(=O)C3(CCN(C(=O)OCC(C)(C)C)CC3)c3ccncc32)nc2cc(Cl)ccc21. The van der Waals surface area contributed by atoms with Crippen molar-refractivity contribution >= 4 is 40.3 Å². The highest BCUT2D eigenvalue weighted by atomic mass is 35.5. The Labute approximate surface area is 323 Å². The molecule has 2 amide bonds. The minimum atomic E-state index is -0.735. The first-order valence-corrected chi connectivity index (χ1v) is 19.2. The van der Waals surface area contributed by atoms with Gasteiger partial charge in [-0.05, 0) is 60.9 Å². The molecule has 3 aromatic rings. The van der Waals surface area contributed by atoms with Crippen LogP contribution in [0.4, 0.5) is 10.5 Å². The van der Waals surface area contributed by atoms with Crippen molar-refractivity contribution in [3.63, 3.8) is 0 Å². The molecule has 0 bridgehead atoms. The van der Waals surface area contributed by atoms with Crippen LogP contribution in [0, 0.1) is 17.8 Å².